The topological polar surface area (TPSA) is 87.5 Å². The Kier molecular flexibility index (Phi) is 6.20. The van der Waals surface area contributed by atoms with Crippen LogP contribution in [0.4, 0.5) is 13.2 Å². The lowest BCUT2D eigenvalue weighted by atomic mass is 9.99. The average Bonchev–Trinajstić information content (AvgIpc) is 3.23. The number of benzene rings is 1. The molecule has 3 aromatic rings. The molecule has 0 fully saturated rings. The molecule has 5 rings (SSSR count). The van der Waals surface area contributed by atoms with E-state index in [1.54, 1.807) is 17.9 Å². The van der Waals surface area contributed by atoms with E-state index in [0.717, 1.165) is 17.8 Å². The number of aromatic nitrogens is 3. The molecule has 0 spiro atoms. The minimum atomic E-state index is -4.46. The number of hydrogen-bond donors (Lipinski definition) is 1. The Balaban J connectivity index is 1.43. The molecule has 184 valence electrons. The van der Waals surface area contributed by atoms with Crippen molar-refractivity contribution in [2.24, 2.45) is 0 Å². The molecule has 1 N–H and O–H groups in total. The minimum Gasteiger partial charge on any atom is -0.491 e. The summed E-state index contributed by atoms with van der Waals surface area (Å²) in [6, 6.07) is 8.30. The maximum atomic E-state index is 13.4. The van der Waals surface area contributed by atoms with Crippen molar-refractivity contribution in [3.05, 3.63) is 64.6 Å². The van der Waals surface area contributed by atoms with Crippen LogP contribution in [-0.4, -0.2) is 47.0 Å². The maximum Gasteiger partial charge on any atom is 0.416 e. The molecule has 0 saturated heterocycles. The summed E-state index contributed by atoms with van der Waals surface area (Å²) in [7, 11) is 1.57. The molecule has 1 atom stereocenters. The fourth-order valence-electron chi connectivity index (χ4n) is 4.34. The van der Waals surface area contributed by atoms with Crippen LogP contribution in [0.5, 0.6) is 5.75 Å². The Morgan fingerprint density at radius 2 is 2.14 bits per heavy atom. The van der Waals surface area contributed by atoms with E-state index in [9.17, 15) is 18.0 Å². The maximum absolute atomic E-state index is 13.4. The van der Waals surface area contributed by atoms with Gasteiger partial charge in [0.25, 0.3) is 5.91 Å². The molecule has 0 unspecified atom stereocenters. The van der Waals surface area contributed by atoms with Gasteiger partial charge in [-0.3, -0.25) is 14.5 Å². The lowest BCUT2D eigenvalue weighted by Gasteiger charge is -2.26. The van der Waals surface area contributed by atoms with Crippen LogP contribution >= 0.6 is 0 Å². The summed E-state index contributed by atoms with van der Waals surface area (Å²) < 4.78 is 57.5. The summed E-state index contributed by atoms with van der Waals surface area (Å²) in [6.45, 7) is 1.70. The Morgan fingerprint density at radius 1 is 1.29 bits per heavy atom. The molecule has 2 aliphatic rings. The zero-order chi connectivity index (χ0) is 24.6. The molecule has 0 aliphatic carbocycles. The van der Waals surface area contributed by atoms with Crippen LogP contribution in [0.15, 0.2) is 36.4 Å². The van der Waals surface area contributed by atoms with Crippen molar-refractivity contribution in [2.75, 3.05) is 20.3 Å². The number of amides is 1. The van der Waals surface area contributed by atoms with Gasteiger partial charge in [-0.25, -0.2) is 0 Å². The first-order chi connectivity index (χ1) is 16.8. The molecule has 11 heteroatoms. The van der Waals surface area contributed by atoms with Crippen molar-refractivity contribution in [2.45, 2.75) is 38.4 Å². The van der Waals surface area contributed by atoms with Crippen molar-refractivity contribution in [1.82, 2.24) is 20.1 Å². The minimum absolute atomic E-state index is 0.137. The van der Waals surface area contributed by atoms with Crippen LogP contribution in [0, 0.1) is 0 Å². The summed E-state index contributed by atoms with van der Waals surface area (Å²) in [4.78, 5) is 18.0. The molecule has 35 heavy (non-hydrogen) atoms. The fraction of sp³-hybridized carbons (Fsp3) is 0.375. The number of ether oxygens (including phenoxy) is 3. The van der Waals surface area contributed by atoms with Crippen molar-refractivity contribution >= 4 is 5.91 Å². The van der Waals surface area contributed by atoms with Gasteiger partial charge in [0, 0.05) is 7.11 Å². The Morgan fingerprint density at radius 3 is 2.94 bits per heavy atom. The van der Waals surface area contributed by atoms with Crippen LogP contribution in [-0.2, 0) is 41.8 Å². The SMILES string of the molecule is COCc1cccc(-c2c(C(=O)N[C@H]3COc4ccc(C(F)(F)F)cc4C3)nn3c2COCC3)n1. The first-order valence-electron chi connectivity index (χ1n) is 11.1. The van der Waals surface area contributed by atoms with Gasteiger partial charge in [-0.15, -0.1) is 0 Å². The molecule has 2 aliphatic heterocycles. The van der Waals surface area contributed by atoms with Crippen LogP contribution in [0.25, 0.3) is 11.3 Å². The van der Waals surface area contributed by atoms with E-state index >= 15 is 0 Å². The first kappa shape index (κ1) is 23.3. The number of hydrogen-bond acceptors (Lipinski definition) is 6. The van der Waals surface area contributed by atoms with Crippen LogP contribution in [0.2, 0.25) is 0 Å². The number of nitrogens with one attached hydrogen (secondary N) is 1. The second-order valence-electron chi connectivity index (χ2n) is 8.40. The van der Waals surface area contributed by atoms with Crippen LogP contribution in [0.1, 0.15) is 33.0 Å². The summed E-state index contributed by atoms with van der Waals surface area (Å²) in [6.07, 6.45) is -4.25. The van der Waals surface area contributed by atoms with E-state index in [2.05, 4.69) is 15.4 Å². The van der Waals surface area contributed by atoms with Gasteiger partial charge in [0.15, 0.2) is 5.69 Å². The number of methoxy groups -OCH3 is 1. The van der Waals surface area contributed by atoms with E-state index < -0.39 is 23.7 Å². The third-order valence-electron chi connectivity index (χ3n) is 5.94. The second-order valence-corrected chi connectivity index (χ2v) is 8.40. The molecule has 1 aromatic carbocycles. The van der Waals surface area contributed by atoms with E-state index in [1.165, 1.54) is 6.07 Å². The predicted molar refractivity (Wildman–Crippen MR) is 118 cm³/mol. The molecular formula is C24H23F3N4O4. The van der Waals surface area contributed by atoms with Gasteiger partial charge in [0.1, 0.15) is 12.4 Å². The Hall–Kier alpha value is -3.44. The lowest BCUT2D eigenvalue weighted by molar-refractivity contribution is -0.137. The van der Waals surface area contributed by atoms with E-state index in [1.807, 2.05) is 12.1 Å². The van der Waals surface area contributed by atoms with E-state index in [0.29, 0.717) is 48.0 Å². The number of carbonyl (C=O) groups is 1. The zero-order valence-electron chi connectivity index (χ0n) is 18.9. The number of fused-ring (bicyclic) bond motifs is 2. The van der Waals surface area contributed by atoms with Crippen LogP contribution in [0.3, 0.4) is 0 Å². The molecule has 0 saturated carbocycles. The van der Waals surface area contributed by atoms with Gasteiger partial charge >= 0.3 is 6.18 Å². The van der Waals surface area contributed by atoms with E-state index in [-0.39, 0.29) is 25.3 Å². The molecule has 2 aromatic heterocycles. The monoisotopic (exact) mass is 488 g/mol. The van der Waals surface area contributed by atoms with Crippen molar-refractivity contribution in [1.29, 1.82) is 0 Å². The third-order valence-corrected chi connectivity index (χ3v) is 5.94. The van der Waals surface area contributed by atoms with Crippen molar-refractivity contribution < 1.29 is 32.2 Å². The zero-order valence-corrected chi connectivity index (χ0v) is 18.9. The number of carbonyl (C=O) groups excluding carboxylic acids is 1. The quantitative estimate of drug-likeness (QED) is 0.593. The third kappa shape index (κ3) is 4.73. The normalized spacial score (nSPS) is 17.3. The standard InChI is InChI=1S/C24H23F3N4O4/c1-33-11-16-3-2-4-18(28-16)21-19-13-34-8-7-31(19)30-22(21)23(32)29-17-10-14-9-15(24(25,26)27)5-6-20(14)35-12-17/h2-6,9,17H,7-8,10-13H2,1H3,(H,29,32)/t17-/m1/s1. The van der Waals surface area contributed by atoms with Crippen molar-refractivity contribution in [3.63, 3.8) is 0 Å². The number of rotatable bonds is 5. The summed E-state index contributed by atoms with van der Waals surface area (Å²) in [5.74, 6) is -0.0668. The predicted octanol–water partition coefficient (Wildman–Crippen LogP) is 3.37. The Bertz CT molecular complexity index is 1260. The van der Waals surface area contributed by atoms with Gasteiger partial charge in [0.2, 0.25) is 0 Å². The van der Waals surface area contributed by atoms with Crippen LogP contribution < -0.4 is 10.1 Å². The highest BCUT2D eigenvalue weighted by Crippen LogP contribution is 2.35. The second kappa shape index (κ2) is 9.31. The van der Waals surface area contributed by atoms with Gasteiger partial charge in [0.05, 0.1) is 60.6 Å². The molecule has 8 nitrogen and oxygen atoms in total. The van der Waals surface area contributed by atoms with Crippen molar-refractivity contribution in [3.8, 4) is 17.0 Å². The highest BCUT2D eigenvalue weighted by Gasteiger charge is 2.33. The van der Waals surface area contributed by atoms with E-state index in [4.69, 9.17) is 14.2 Å². The number of pyridine rings is 1. The highest BCUT2D eigenvalue weighted by molar-refractivity contribution is 5.99. The van der Waals surface area contributed by atoms with Gasteiger partial charge in [-0.1, -0.05) is 6.07 Å². The molecule has 1 amide bonds. The largest absolute Gasteiger partial charge is 0.491 e. The summed E-state index contributed by atoms with van der Waals surface area (Å²) in [5.41, 5.74) is 2.39. The lowest BCUT2D eigenvalue weighted by Crippen LogP contribution is -2.43. The first-order valence-corrected chi connectivity index (χ1v) is 11.1. The Labute approximate surface area is 199 Å². The molecule has 0 bridgehead atoms. The van der Waals surface area contributed by atoms with Gasteiger partial charge < -0.3 is 19.5 Å². The summed E-state index contributed by atoms with van der Waals surface area (Å²) in [5, 5.41) is 7.40. The number of alkyl halides is 3. The molecule has 4 heterocycles. The summed E-state index contributed by atoms with van der Waals surface area (Å²) >= 11 is 0. The van der Waals surface area contributed by atoms with Gasteiger partial charge in [-0.2, -0.15) is 18.3 Å². The number of halogens is 3. The number of nitrogens with zero attached hydrogens (tertiary/aromatic N) is 3. The molecular weight excluding hydrogens is 465 g/mol. The molecule has 0 radical (unpaired) electrons. The van der Waals surface area contributed by atoms with Gasteiger partial charge in [-0.05, 0) is 42.3 Å². The highest BCUT2D eigenvalue weighted by atomic mass is 19.4. The fourth-order valence-corrected chi connectivity index (χ4v) is 4.34. The average molecular weight is 488 g/mol. The smallest absolute Gasteiger partial charge is 0.416 e.